The minimum absolute atomic E-state index is 0.107. The van der Waals surface area contributed by atoms with Gasteiger partial charge >= 0.3 is 6.18 Å². The van der Waals surface area contributed by atoms with E-state index < -0.39 is 29.5 Å². The fraction of sp³-hybridized carbons (Fsp3) is 0.312. The van der Waals surface area contributed by atoms with E-state index in [9.17, 15) is 27.2 Å². The van der Waals surface area contributed by atoms with Gasteiger partial charge in [-0.1, -0.05) is 11.8 Å². The van der Waals surface area contributed by atoms with Crippen LogP contribution in [0.15, 0.2) is 34.3 Å². The number of thioether (sulfide) groups is 1. The normalized spacial score (nSPS) is 16.4. The Morgan fingerprint density at radius 2 is 2.15 bits per heavy atom. The van der Waals surface area contributed by atoms with Gasteiger partial charge in [-0.3, -0.25) is 14.2 Å². The quantitative estimate of drug-likeness (QED) is 0.648. The summed E-state index contributed by atoms with van der Waals surface area (Å²) < 4.78 is 52.9. The van der Waals surface area contributed by atoms with Crippen molar-refractivity contribution < 1.29 is 22.4 Å². The summed E-state index contributed by atoms with van der Waals surface area (Å²) in [5.41, 5.74) is -1.42. The molecule has 1 aliphatic heterocycles. The number of hydrogen-bond acceptors (Lipinski definition) is 4. The number of nitrogens with one attached hydrogen (secondary N) is 1. The van der Waals surface area contributed by atoms with Gasteiger partial charge in [-0.2, -0.15) is 13.2 Å². The number of anilines is 1. The Hall–Kier alpha value is -2.36. The van der Waals surface area contributed by atoms with Crippen LogP contribution in [0.4, 0.5) is 23.2 Å². The van der Waals surface area contributed by atoms with Gasteiger partial charge in [-0.05, 0) is 25.1 Å². The molecular formula is C16H13F4N3O2S. The Morgan fingerprint density at radius 3 is 2.85 bits per heavy atom. The molecule has 26 heavy (non-hydrogen) atoms. The number of aryl methyl sites for hydroxylation is 1. The fourth-order valence-electron chi connectivity index (χ4n) is 2.62. The van der Waals surface area contributed by atoms with Crippen molar-refractivity contribution in [2.45, 2.75) is 30.7 Å². The molecule has 0 radical (unpaired) electrons. The van der Waals surface area contributed by atoms with Crippen LogP contribution in [0, 0.1) is 12.7 Å². The van der Waals surface area contributed by atoms with Crippen molar-refractivity contribution in [1.29, 1.82) is 0 Å². The number of rotatable bonds is 3. The van der Waals surface area contributed by atoms with Gasteiger partial charge in [0.2, 0.25) is 5.91 Å². The minimum Gasteiger partial charge on any atom is -0.326 e. The second-order valence-electron chi connectivity index (χ2n) is 5.81. The van der Waals surface area contributed by atoms with E-state index in [1.54, 1.807) is 6.92 Å². The average molecular weight is 387 g/mol. The van der Waals surface area contributed by atoms with Gasteiger partial charge in [-0.25, -0.2) is 9.37 Å². The second-order valence-corrected chi connectivity index (χ2v) is 6.80. The van der Waals surface area contributed by atoms with Gasteiger partial charge in [0.15, 0.2) is 5.16 Å². The van der Waals surface area contributed by atoms with E-state index in [1.165, 1.54) is 22.5 Å². The monoisotopic (exact) mass is 387 g/mol. The van der Waals surface area contributed by atoms with Crippen molar-refractivity contribution in [1.82, 2.24) is 9.55 Å². The highest BCUT2D eigenvalue weighted by Crippen LogP contribution is 2.34. The fourth-order valence-corrected chi connectivity index (χ4v) is 3.72. The number of alkyl halides is 3. The molecule has 3 rings (SSSR count). The maximum absolute atomic E-state index is 13.3. The van der Waals surface area contributed by atoms with Crippen molar-refractivity contribution >= 4 is 23.4 Å². The molecule has 0 fully saturated rings. The van der Waals surface area contributed by atoms with Crippen molar-refractivity contribution in [3.8, 4) is 0 Å². The molecule has 0 saturated carbocycles. The highest BCUT2D eigenvalue weighted by molar-refractivity contribution is 7.99. The van der Waals surface area contributed by atoms with E-state index >= 15 is 0 Å². The van der Waals surface area contributed by atoms with Crippen LogP contribution in [-0.2, 0) is 11.0 Å². The Morgan fingerprint density at radius 1 is 1.42 bits per heavy atom. The number of carbonyl (C=O) groups is 1. The summed E-state index contributed by atoms with van der Waals surface area (Å²) in [5, 5.41) is 2.82. The van der Waals surface area contributed by atoms with E-state index in [-0.39, 0.29) is 17.7 Å². The molecule has 0 aliphatic carbocycles. The summed E-state index contributed by atoms with van der Waals surface area (Å²) >= 11 is 1.33. The average Bonchev–Trinajstić information content (AvgIpc) is 2.95. The smallest absolute Gasteiger partial charge is 0.326 e. The highest BCUT2D eigenvalue weighted by atomic mass is 32.2. The van der Waals surface area contributed by atoms with E-state index in [0.29, 0.717) is 28.6 Å². The predicted octanol–water partition coefficient (Wildman–Crippen LogP) is 3.39. The first kappa shape index (κ1) is 18.4. The van der Waals surface area contributed by atoms with Crippen LogP contribution >= 0.6 is 11.8 Å². The molecule has 1 atom stereocenters. The predicted molar refractivity (Wildman–Crippen MR) is 87.6 cm³/mol. The molecule has 1 aromatic carbocycles. The van der Waals surface area contributed by atoms with Gasteiger partial charge in [0, 0.05) is 29.6 Å². The summed E-state index contributed by atoms with van der Waals surface area (Å²) in [6, 6.07) is 1.80. The summed E-state index contributed by atoms with van der Waals surface area (Å²) in [6.45, 7) is 1.61. The molecule has 1 aliphatic rings. The number of aromatic nitrogens is 2. The maximum atomic E-state index is 13.3. The SMILES string of the molecule is Cc1cnc2n(c1=O)C(CC(=O)Nc1ccc(F)c(C(F)(F)F)c1)CS2. The molecule has 0 spiro atoms. The van der Waals surface area contributed by atoms with Crippen molar-refractivity contribution in [2.75, 3.05) is 11.1 Å². The van der Waals surface area contributed by atoms with Crippen LogP contribution in [-0.4, -0.2) is 21.2 Å². The van der Waals surface area contributed by atoms with E-state index in [1.807, 2.05) is 0 Å². The van der Waals surface area contributed by atoms with Crippen molar-refractivity contribution in [3.05, 3.63) is 51.7 Å². The molecule has 1 aromatic heterocycles. The Bertz CT molecular complexity index is 927. The molecule has 1 amide bonds. The van der Waals surface area contributed by atoms with Crippen LogP contribution in [0.25, 0.3) is 0 Å². The standard InChI is InChI=1S/C16H13F4N3O2S/c1-8-6-21-15-23(14(8)25)10(7-26-15)5-13(24)22-9-2-3-12(17)11(4-9)16(18,19)20/h2-4,6,10H,5,7H2,1H3,(H,22,24). The van der Waals surface area contributed by atoms with Crippen molar-refractivity contribution in [3.63, 3.8) is 0 Å². The lowest BCUT2D eigenvalue weighted by Gasteiger charge is -2.14. The number of amides is 1. The zero-order valence-corrected chi connectivity index (χ0v) is 14.2. The van der Waals surface area contributed by atoms with Gasteiger partial charge in [-0.15, -0.1) is 0 Å². The van der Waals surface area contributed by atoms with Gasteiger partial charge in [0.05, 0.1) is 11.6 Å². The molecule has 0 bridgehead atoms. The van der Waals surface area contributed by atoms with Crippen LogP contribution in [0.3, 0.4) is 0 Å². The van der Waals surface area contributed by atoms with Gasteiger partial charge in [0.25, 0.3) is 5.56 Å². The first-order chi connectivity index (χ1) is 12.2. The number of benzene rings is 1. The number of carbonyl (C=O) groups excluding carboxylic acids is 1. The lowest BCUT2D eigenvalue weighted by Crippen LogP contribution is -2.28. The molecule has 138 valence electrons. The molecule has 0 saturated heterocycles. The Labute approximate surface area is 149 Å². The third-order valence-electron chi connectivity index (χ3n) is 3.88. The van der Waals surface area contributed by atoms with Gasteiger partial charge < -0.3 is 5.32 Å². The molecule has 1 unspecified atom stereocenters. The lowest BCUT2D eigenvalue weighted by atomic mass is 10.1. The first-order valence-corrected chi connectivity index (χ1v) is 8.53. The zero-order valence-electron chi connectivity index (χ0n) is 13.4. The highest BCUT2D eigenvalue weighted by Gasteiger charge is 2.34. The Balaban J connectivity index is 1.76. The molecule has 2 aromatic rings. The zero-order chi connectivity index (χ0) is 19.1. The minimum atomic E-state index is -4.86. The topological polar surface area (TPSA) is 64.0 Å². The molecule has 2 heterocycles. The van der Waals surface area contributed by atoms with E-state index in [4.69, 9.17) is 0 Å². The summed E-state index contributed by atoms with van der Waals surface area (Å²) in [4.78, 5) is 28.5. The molecule has 5 nitrogen and oxygen atoms in total. The summed E-state index contributed by atoms with van der Waals surface area (Å²) in [7, 11) is 0. The Kier molecular flexibility index (Phi) is 4.78. The first-order valence-electron chi connectivity index (χ1n) is 7.54. The summed E-state index contributed by atoms with van der Waals surface area (Å²) in [5.74, 6) is -1.53. The molecule has 1 N–H and O–H groups in total. The van der Waals surface area contributed by atoms with E-state index in [0.717, 1.165) is 6.07 Å². The van der Waals surface area contributed by atoms with Gasteiger partial charge in [0.1, 0.15) is 5.82 Å². The van der Waals surface area contributed by atoms with E-state index in [2.05, 4.69) is 10.3 Å². The third kappa shape index (κ3) is 3.59. The lowest BCUT2D eigenvalue weighted by molar-refractivity contribution is -0.140. The second kappa shape index (κ2) is 6.75. The number of hydrogen-bond donors (Lipinski definition) is 1. The van der Waals surface area contributed by atoms with Crippen LogP contribution in [0.2, 0.25) is 0 Å². The van der Waals surface area contributed by atoms with Crippen LogP contribution < -0.4 is 10.9 Å². The maximum Gasteiger partial charge on any atom is 0.419 e. The molecule has 10 heteroatoms. The number of fused-ring (bicyclic) bond motifs is 1. The number of nitrogens with zero attached hydrogens (tertiary/aromatic N) is 2. The van der Waals surface area contributed by atoms with Crippen molar-refractivity contribution in [2.24, 2.45) is 0 Å². The largest absolute Gasteiger partial charge is 0.419 e. The van der Waals surface area contributed by atoms with Crippen LogP contribution in [0.1, 0.15) is 23.6 Å². The summed E-state index contributed by atoms with van der Waals surface area (Å²) in [6.07, 6.45) is -3.51. The molecular weight excluding hydrogens is 374 g/mol. The third-order valence-corrected chi connectivity index (χ3v) is 4.99. The van der Waals surface area contributed by atoms with Crippen LogP contribution in [0.5, 0.6) is 0 Å². The number of halogens is 4.